The Morgan fingerprint density at radius 3 is 2.65 bits per heavy atom. The quantitative estimate of drug-likeness (QED) is 0.343. The molecule has 2 aromatic carbocycles. The average molecular weight is 480 g/mol. The van der Waals surface area contributed by atoms with Crippen molar-refractivity contribution in [1.29, 1.82) is 0 Å². The standard InChI is InChI=1S/C24H23ClFN7O/c1-24(2,3)33-13-17(21(32-33)19-9-10-28-22(27)30-19)14-5-4-6-16(11-14)29-23(34)31-20-12-15(26)7-8-18(20)25/h4-13H,1-3H3,(H2,27,28,30)(H2,29,31,34). The SMILES string of the molecule is CC(C)(C)n1cc(-c2cccc(NC(=O)Nc3cc(F)ccc3Cl)c2)c(-c2ccnc(N)n2)n1. The highest BCUT2D eigenvalue weighted by molar-refractivity contribution is 6.33. The fourth-order valence-electron chi connectivity index (χ4n) is 3.27. The number of aromatic nitrogens is 4. The van der Waals surface area contributed by atoms with Gasteiger partial charge in [-0.05, 0) is 62.7 Å². The minimum Gasteiger partial charge on any atom is -0.368 e. The lowest BCUT2D eigenvalue weighted by atomic mass is 10.0. The van der Waals surface area contributed by atoms with Crippen LogP contribution in [-0.2, 0) is 5.54 Å². The molecule has 0 atom stereocenters. The molecule has 0 spiro atoms. The second-order valence-electron chi connectivity index (χ2n) is 8.59. The zero-order chi connectivity index (χ0) is 24.5. The van der Waals surface area contributed by atoms with E-state index in [0.717, 1.165) is 17.2 Å². The van der Waals surface area contributed by atoms with E-state index in [2.05, 4.69) is 20.6 Å². The fourth-order valence-corrected chi connectivity index (χ4v) is 3.43. The van der Waals surface area contributed by atoms with Crippen LogP contribution in [0.15, 0.2) is 60.9 Å². The highest BCUT2D eigenvalue weighted by Gasteiger charge is 2.21. The van der Waals surface area contributed by atoms with E-state index in [4.69, 9.17) is 22.4 Å². The summed E-state index contributed by atoms with van der Waals surface area (Å²) in [6.45, 7) is 6.13. The van der Waals surface area contributed by atoms with Crippen LogP contribution in [-0.4, -0.2) is 25.8 Å². The Hall–Kier alpha value is -3.98. The fraction of sp³-hybridized carbons (Fsp3) is 0.167. The van der Waals surface area contributed by atoms with Gasteiger partial charge in [-0.3, -0.25) is 4.68 Å². The molecular weight excluding hydrogens is 457 g/mol. The van der Waals surface area contributed by atoms with E-state index in [1.54, 1.807) is 18.3 Å². The van der Waals surface area contributed by atoms with E-state index < -0.39 is 11.8 Å². The molecule has 0 saturated carbocycles. The number of carbonyl (C=O) groups excluding carboxylic acids is 1. The van der Waals surface area contributed by atoms with Gasteiger partial charge in [-0.15, -0.1) is 0 Å². The van der Waals surface area contributed by atoms with E-state index in [-0.39, 0.29) is 22.2 Å². The summed E-state index contributed by atoms with van der Waals surface area (Å²) < 4.78 is 15.4. The molecule has 0 saturated heterocycles. The van der Waals surface area contributed by atoms with E-state index in [0.29, 0.717) is 17.1 Å². The number of rotatable bonds is 4. The van der Waals surface area contributed by atoms with Gasteiger partial charge in [0.1, 0.15) is 11.5 Å². The van der Waals surface area contributed by atoms with Crippen LogP contribution in [0.25, 0.3) is 22.5 Å². The van der Waals surface area contributed by atoms with Gasteiger partial charge in [-0.2, -0.15) is 5.10 Å². The summed E-state index contributed by atoms with van der Waals surface area (Å²) in [4.78, 5) is 20.8. The topological polar surface area (TPSA) is 111 Å². The first-order valence-corrected chi connectivity index (χ1v) is 10.8. The van der Waals surface area contributed by atoms with E-state index in [1.165, 1.54) is 12.1 Å². The van der Waals surface area contributed by atoms with Gasteiger partial charge in [-0.1, -0.05) is 23.7 Å². The summed E-state index contributed by atoms with van der Waals surface area (Å²) in [6.07, 6.45) is 3.51. The third-order valence-electron chi connectivity index (χ3n) is 4.93. The molecular formula is C24H23ClFN7O. The third-order valence-corrected chi connectivity index (χ3v) is 5.26. The van der Waals surface area contributed by atoms with Crippen molar-refractivity contribution < 1.29 is 9.18 Å². The Morgan fingerprint density at radius 2 is 1.91 bits per heavy atom. The molecule has 0 bridgehead atoms. The lowest BCUT2D eigenvalue weighted by Crippen LogP contribution is -2.22. The molecule has 0 aliphatic heterocycles. The molecule has 2 heterocycles. The van der Waals surface area contributed by atoms with E-state index in [9.17, 15) is 9.18 Å². The smallest absolute Gasteiger partial charge is 0.323 e. The Morgan fingerprint density at radius 1 is 1.12 bits per heavy atom. The molecule has 8 nitrogen and oxygen atoms in total. The second kappa shape index (κ2) is 9.11. The number of hydrogen-bond donors (Lipinski definition) is 3. The van der Waals surface area contributed by atoms with Crippen molar-refractivity contribution in [3.05, 3.63) is 71.8 Å². The van der Waals surface area contributed by atoms with Gasteiger partial charge in [0.25, 0.3) is 0 Å². The predicted molar refractivity (Wildman–Crippen MR) is 132 cm³/mol. The van der Waals surface area contributed by atoms with Crippen molar-refractivity contribution >= 4 is 35.0 Å². The largest absolute Gasteiger partial charge is 0.368 e. The molecule has 0 fully saturated rings. The number of nitrogens with two attached hydrogens (primary N) is 1. The summed E-state index contributed by atoms with van der Waals surface area (Å²) in [5.41, 5.74) is 9.06. The summed E-state index contributed by atoms with van der Waals surface area (Å²) in [5, 5.41) is 10.3. The summed E-state index contributed by atoms with van der Waals surface area (Å²) in [7, 11) is 0. The summed E-state index contributed by atoms with van der Waals surface area (Å²) in [6, 6.07) is 12.2. The van der Waals surface area contributed by atoms with Gasteiger partial charge >= 0.3 is 6.03 Å². The highest BCUT2D eigenvalue weighted by Crippen LogP contribution is 2.33. The van der Waals surface area contributed by atoms with Crippen LogP contribution in [0, 0.1) is 5.82 Å². The molecule has 34 heavy (non-hydrogen) atoms. The lowest BCUT2D eigenvalue weighted by Gasteiger charge is -2.18. The van der Waals surface area contributed by atoms with Crippen LogP contribution in [0.3, 0.4) is 0 Å². The second-order valence-corrected chi connectivity index (χ2v) is 9.00. The minimum absolute atomic E-state index is 0.150. The van der Waals surface area contributed by atoms with Crippen LogP contribution in [0.2, 0.25) is 5.02 Å². The third kappa shape index (κ3) is 5.15. The zero-order valence-electron chi connectivity index (χ0n) is 18.8. The van der Waals surface area contributed by atoms with Crippen molar-refractivity contribution in [2.75, 3.05) is 16.4 Å². The van der Waals surface area contributed by atoms with Gasteiger partial charge in [0.15, 0.2) is 0 Å². The molecule has 2 aromatic heterocycles. The number of nitrogens with one attached hydrogen (secondary N) is 2. The Bertz CT molecular complexity index is 1360. The normalized spacial score (nSPS) is 11.3. The first-order valence-electron chi connectivity index (χ1n) is 10.4. The maximum Gasteiger partial charge on any atom is 0.323 e. The Balaban J connectivity index is 1.66. The number of nitrogens with zero attached hydrogens (tertiary/aromatic N) is 4. The number of benzene rings is 2. The molecule has 10 heteroatoms. The van der Waals surface area contributed by atoms with Gasteiger partial charge in [0.05, 0.1) is 21.9 Å². The van der Waals surface area contributed by atoms with Crippen molar-refractivity contribution in [3.8, 4) is 22.5 Å². The molecule has 0 aliphatic rings. The van der Waals surface area contributed by atoms with Crippen molar-refractivity contribution in [2.45, 2.75) is 26.3 Å². The molecule has 0 radical (unpaired) electrons. The van der Waals surface area contributed by atoms with Gasteiger partial charge < -0.3 is 16.4 Å². The maximum atomic E-state index is 13.5. The Kier molecular flexibility index (Phi) is 6.21. The average Bonchev–Trinajstić information content (AvgIpc) is 3.23. The van der Waals surface area contributed by atoms with Crippen LogP contribution in [0.1, 0.15) is 20.8 Å². The molecule has 174 valence electrons. The van der Waals surface area contributed by atoms with Crippen LogP contribution >= 0.6 is 11.6 Å². The number of hydrogen-bond acceptors (Lipinski definition) is 5. The lowest BCUT2D eigenvalue weighted by molar-refractivity contribution is 0.262. The van der Waals surface area contributed by atoms with Gasteiger partial charge in [0.2, 0.25) is 5.95 Å². The molecule has 2 amide bonds. The molecule has 4 N–H and O–H groups in total. The minimum atomic E-state index is -0.557. The van der Waals surface area contributed by atoms with Crippen molar-refractivity contribution in [3.63, 3.8) is 0 Å². The molecule has 4 rings (SSSR count). The van der Waals surface area contributed by atoms with E-state index >= 15 is 0 Å². The van der Waals surface area contributed by atoms with E-state index in [1.807, 2.05) is 49.8 Å². The van der Waals surface area contributed by atoms with Crippen LogP contribution < -0.4 is 16.4 Å². The Labute approximate surface area is 201 Å². The monoisotopic (exact) mass is 479 g/mol. The zero-order valence-corrected chi connectivity index (χ0v) is 19.6. The molecule has 4 aromatic rings. The number of nitrogen functional groups attached to an aromatic ring is 1. The van der Waals surface area contributed by atoms with Gasteiger partial charge in [0, 0.05) is 23.6 Å². The maximum absolute atomic E-state index is 13.5. The summed E-state index contributed by atoms with van der Waals surface area (Å²) >= 11 is 6.04. The van der Waals surface area contributed by atoms with Crippen LogP contribution in [0.5, 0.6) is 0 Å². The first-order chi connectivity index (χ1) is 16.1. The number of carbonyl (C=O) groups is 1. The summed E-state index contributed by atoms with van der Waals surface area (Å²) in [5.74, 6) is -0.354. The number of amides is 2. The van der Waals surface area contributed by atoms with Crippen molar-refractivity contribution in [2.24, 2.45) is 0 Å². The van der Waals surface area contributed by atoms with Crippen molar-refractivity contribution in [1.82, 2.24) is 19.7 Å². The molecule has 0 aliphatic carbocycles. The highest BCUT2D eigenvalue weighted by atomic mass is 35.5. The number of anilines is 3. The first kappa shape index (κ1) is 23.2. The van der Waals surface area contributed by atoms with Crippen LogP contribution in [0.4, 0.5) is 26.5 Å². The number of urea groups is 1. The molecule has 0 unspecified atom stereocenters. The number of halogens is 2. The predicted octanol–water partition coefficient (Wildman–Crippen LogP) is 5.78. The van der Waals surface area contributed by atoms with Gasteiger partial charge in [-0.25, -0.2) is 19.2 Å².